The van der Waals surface area contributed by atoms with E-state index in [4.69, 9.17) is 4.74 Å². The fourth-order valence-corrected chi connectivity index (χ4v) is 8.27. The molecule has 2 saturated carbocycles. The van der Waals surface area contributed by atoms with Crippen molar-refractivity contribution >= 4 is 23.5 Å². The molecule has 142 valence electrons. The molecule has 1 nitrogen and oxygen atoms in total. The molecule has 0 aromatic rings. The summed E-state index contributed by atoms with van der Waals surface area (Å²) >= 11 is 4.27. The summed E-state index contributed by atoms with van der Waals surface area (Å²) in [6, 6.07) is 0. The van der Waals surface area contributed by atoms with E-state index in [-0.39, 0.29) is 0 Å². The van der Waals surface area contributed by atoms with Crippen LogP contribution in [0.5, 0.6) is 0 Å². The third-order valence-electron chi connectivity index (χ3n) is 7.28. The van der Waals surface area contributed by atoms with Crippen LogP contribution >= 0.6 is 23.5 Å². The minimum Gasteiger partial charge on any atom is -0.378 e. The highest BCUT2D eigenvalue weighted by Gasteiger charge is 2.34. The van der Waals surface area contributed by atoms with Crippen molar-refractivity contribution < 1.29 is 4.74 Å². The Bertz CT molecular complexity index is 441. The molecule has 2 unspecified atom stereocenters. The molecule has 0 bridgehead atoms. The maximum Gasteiger partial charge on any atom is 0.0603 e. The van der Waals surface area contributed by atoms with Gasteiger partial charge in [-0.25, -0.2) is 0 Å². The standard InChI is InChI=1S/C22H36OS2/c1-16-3-5-17(6-4-16)20-11-12-21(23-15-20)18-7-9-19(10-8-18)22-24-13-2-14-25-22/h16-18,20-21H,2-15H2,1H3. The molecule has 4 fully saturated rings. The minimum absolute atomic E-state index is 0.581. The van der Waals surface area contributed by atoms with Crippen LogP contribution in [-0.4, -0.2) is 24.2 Å². The lowest BCUT2D eigenvalue weighted by Gasteiger charge is -2.40. The molecule has 25 heavy (non-hydrogen) atoms. The summed E-state index contributed by atoms with van der Waals surface area (Å²) in [4.78, 5) is 0. The molecule has 0 aromatic carbocycles. The lowest BCUT2D eigenvalue weighted by Crippen LogP contribution is -2.36. The molecular formula is C22H36OS2. The zero-order chi connectivity index (χ0) is 17.1. The molecule has 0 radical (unpaired) electrons. The van der Waals surface area contributed by atoms with Crippen molar-refractivity contribution in [3.8, 4) is 0 Å². The molecule has 3 heteroatoms. The lowest BCUT2D eigenvalue weighted by atomic mass is 9.73. The Labute approximate surface area is 163 Å². The molecule has 2 saturated heterocycles. The van der Waals surface area contributed by atoms with Gasteiger partial charge >= 0.3 is 0 Å². The fourth-order valence-electron chi connectivity index (χ4n) is 5.49. The van der Waals surface area contributed by atoms with Gasteiger partial charge in [-0.3, -0.25) is 0 Å². The molecular weight excluding hydrogens is 344 g/mol. The van der Waals surface area contributed by atoms with Crippen molar-refractivity contribution in [2.45, 2.75) is 83.7 Å². The summed E-state index contributed by atoms with van der Waals surface area (Å²) in [5, 5.41) is 0. The van der Waals surface area contributed by atoms with Crippen LogP contribution < -0.4 is 0 Å². The molecule has 4 rings (SSSR count). The fraction of sp³-hybridized carbons (Fsp3) is 0.909. The second kappa shape index (κ2) is 9.06. The Morgan fingerprint density at radius 3 is 2.08 bits per heavy atom. The van der Waals surface area contributed by atoms with E-state index in [1.165, 1.54) is 82.1 Å². The molecule has 2 aliphatic carbocycles. The smallest absolute Gasteiger partial charge is 0.0603 e. The first-order valence-corrected chi connectivity index (χ1v) is 12.9. The van der Waals surface area contributed by atoms with Crippen molar-refractivity contribution in [3.63, 3.8) is 0 Å². The quantitative estimate of drug-likeness (QED) is 0.517. The predicted molar refractivity (Wildman–Crippen MR) is 112 cm³/mol. The van der Waals surface area contributed by atoms with E-state index < -0.39 is 0 Å². The number of rotatable bonds is 2. The Balaban J connectivity index is 1.22. The molecule has 0 N–H and O–H groups in total. The second-order valence-electron chi connectivity index (χ2n) is 9.01. The van der Waals surface area contributed by atoms with Gasteiger partial charge in [-0.1, -0.05) is 25.3 Å². The van der Waals surface area contributed by atoms with Crippen LogP contribution in [0.4, 0.5) is 0 Å². The van der Waals surface area contributed by atoms with Gasteiger partial charge in [0.15, 0.2) is 0 Å². The van der Waals surface area contributed by atoms with Gasteiger partial charge in [0.1, 0.15) is 0 Å². The number of hydrogen-bond acceptors (Lipinski definition) is 3. The van der Waals surface area contributed by atoms with Crippen LogP contribution in [0, 0.1) is 23.7 Å². The highest BCUT2D eigenvalue weighted by atomic mass is 32.2. The van der Waals surface area contributed by atoms with Crippen LogP contribution in [0.2, 0.25) is 0 Å². The van der Waals surface area contributed by atoms with Gasteiger partial charge in [-0.15, -0.1) is 23.5 Å². The highest BCUT2D eigenvalue weighted by molar-refractivity contribution is 8.22. The molecule has 2 heterocycles. The largest absolute Gasteiger partial charge is 0.378 e. The van der Waals surface area contributed by atoms with Crippen LogP contribution in [0.3, 0.4) is 0 Å². The van der Waals surface area contributed by atoms with Gasteiger partial charge in [0.05, 0.1) is 12.7 Å². The maximum absolute atomic E-state index is 6.46. The summed E-state index contributed by atoms with van der Waals surface area (Å²) < 4.78 is 8.16. The Kier molecular flexibility index (Phi) is 6.80. The lowest BCUT2D eigenvalue weighted by molar-refractivity contribution is -0.0695. The maximum atomic E-state index is 6.46. The summed E-state index contributed by atoms with van der Waals surface area (Å²) in [7, 11) is 0. The van der Waals surface area contributed by atoms with Crippen molar-refractivity contribution in [1.29, 1.82) is 0 Å². The van der Waals surface area contributed by atoms with Crippen LogP contribution in [0.15, 0.2) is 9.81 Å². The number of allylic oxidation sites excluding steroid dienone is 1. The number of ether oxygens (including phenoxy) is 1. The normalized spacial score (nSPS) is 40.9. The summed E-state index contributed by atoms with van der Waals surface area (Å²) in [5.41, 5.74) is 1.79. The highest BCUT2D eigenvalue weighted by Crippen LogP contribution is 2.45. The monoisotopic (exact) mass is 380 g/mol. The number of thioether (sulfide) groups is 2. The van der Waals surface area contributed by atoms with Gasteiger partial charge < -0.3 is 4.74 Å². The van der Waals surface area contributed by atoms with E-state index in [2.05, 4.69) is 30.4 Å². The van der Waals surface area contributed by atoms with E-state index in [1.54, 1.807) is 9.81 Å². The Morgan fingerprint density at radius 2 is 1.44 bits per heavy atom. The van der Waals surface area contributed by atoms with Gasteiger partial charge in [0, 0.05) is 4.24 Å². The summed E-state index contributed by atoms with van der Waals surface area (Å²) in [6.45, 7) is 3.50. The molecule has 4 aliphatic rings. The van der Waals surface area contributed by atoms with Gasteiger partial charge in [0.2, 0.25) is 0 Å². The SMILES string of the molecule is CC1CCC(C2CCC(C3CCC(=C4SCCCS4)CC3)OC2)CC1. The van der Waals surface area contributed by atoms with Crippen molar-refractivity contribution in [3.05, 3.63) is 9.81 Å². The van der Waals surface area contributed by atoms with E-state index in [9.17, 15) is 0 Å². The molecule has 0 aromatic heterocycles. The molecule has 2 atom stereocenters. The van der Waals surface area contributed by atoms with E-state index in [1.807, 2.05) is 0 Å². The first-order valence-electron chi connectivity index (χ1n) is 10.9. The topological polar surface area (TPSA) is 9.23 Å². The van der Waals surface area contributed by atoms with Gasteiger partial charge in [0.25, 0.3) is 0 Å². The Morgan fingerprint density at radius 1 is 0.760 bits per heavy atom. The van der Waals surface area contributed by atoms with E-state index in [0.717, 1.165) is 30.3 Å². The minimum atomic E-state index is 0.581. The zero-order valence-electron chi connectivity index (χ0n) is 16.0. The average Bonchev–Trinajstić information content (AvgIpc) is 2.70. The van der Waals surface area contributed by atoms with Gasteiger partial charge in [-0.05, 0) is 93.0 Å². The molecule has 2 aliphatic heterocycles. The van der Waals surface area contributed by atoms with Crippen molar-refractivity contribution in [2.24, 2.45) is 23.7 Å². The summed E-state index contributed by atoms with van der Waals surface area (Å²) in [6.07, 6.45) is 16.1. The average molecular weight is 381 g/mol. The zero-order valence-corrected chi connectivity index (χ0v) is 17.6. The van der Waals surface area contributed by atoms with E-state index in [0.29, 0.717) is 6.10 Å². The van der Waals surface area contributed by atoms with Crippen molar-refractivity contribution in [2.75, 3.05) is 18.1 Å². The Hall–Kier alpha value is 0.400. The predicted octanol–water partition coefficient (Wildman–Crippen LogP) is 6.88. The summed E-state index contributed by atoms with van der Waals surface area (Å²) in [5.74, 6) is 6.36. The number of hydrogen-bond donors (Lipinski definition) is 0. The third kappa shape index (κ3) is 4.82. The van der Waals surface area contributed by atoms with Gasteiger partial charge in [-0.2, -0.15) is 0 Å². The second-order valence-corrected chi connectivity index (χ2v) is 11.5. The van der Waals surface area contributed by atoms with E-state index >= 15 is 0 Å². The van der Waals surface area contributed by atoms with Crippen LogP contribution in [0.25, 0.3) is 0 Å². The van der Waals surface area contributed by atoms with Crippen LogP contribution in [-0.2, 0) is 4.74 Å². The third-order valence-corrected chi connectivity index (χ3v) is 10.1. The van der Waals surface area contributed by atoms with Crippen LogP contribution in [0.1, 0.15) is 77.6 Å². The van der Waals surface area contributed by atoms with Crippen molar-refractivity contribution in [1.82, 2.24) is 0 Å². The molecule has 0 spiro atoms. The molecule has 0 amide bonds. The first kappa shape index (κ1) is 18.7. The first-order chi connectivity index (χ1) is 12.3.